The summed E-state index contributed by atoms with van der Waals surface area (Å²) in [4.78, 5) is 30.7. The van der Waals surface area contributed by atoms with Gasteiger partial charge < -0.3 is 29.2 Å². The van der Waals surface area contributed by atoms with E-state index < -0.39 is 26.3 Å². The molecule has 1 spiro atoms. The maximum Gasteiger partial charge on any atom is 0.317 e. The molecule has 2 aromatic rings. The van der Waals surface area contributed by atoms with Crippen LogP contribution in [0.1, 0.15) is 76.0 Å². The number of amides is 1. The number of halogens is 1. The minimum atomic E-state index is -2.11. The first-order valence-electron chi connectivity index (χ1n) is 18.3. The highest BCUT2D eigenvalue weighted by Gasteiger charge is 2.48. The number of carboxylic acids is 1. The molecule has 1 unspecified atom stereocenters. The van der Waals surface area contributed by atoms with Gasteiger partial charge in [-0.2, -0.15) is 0 Å². The highest BCUT2D eigenvalue weighted by atomic mass is 35.5. The molecule has 2 aromatic carbocycles. The van der Waals surface area contributed by atoms with Gasteiger partial charge in [0.05, 0.1) is 25.0 Å². The quantitative estimate of drug-likeness (QED) is 0.252. The summed E-state index contributed by atoms with van der Waals surface area (Å²) >= 11 is 6.49. The van der Waals surface area contributed by atoms with Crippen molar-refractivity contribution in [1.29, 1.82) is 0 Å². The van der Waals surface area contributed by atoms with Gasteiger partial charge in [-0.25, -0.2) is 0 Å². The van der Waals surface area contributed by atoms with Crippen LogP contribution in [-0.2, 0) is 31.3 Å². The second-order valence-electron chi connectivity index (χ2n) is 16.9. The molecule has 2 heterocycles. The molecule has 8 nitrogen and oxygen atoms in total. The molecule has 0 radical (unpaired) electrons. The van der Waals surface area contributed by atoms with E-state index in [1.54, 1.807) is 18.0 Å². The maximum atomic E-state index is 13.6. The Morgan fingerprint density at radius 2 is 1.94 bits per heavy atom. The average molecular weight is 723 g/mol. The number of aryl methyl sites for hydroxylation is 1. The Bertz CT molecular complexity index is 1640. The van der Waals surface area contributed by atoms with Gasteiger partial charge in [0.15, 0.2) is 8.32 Å². The van der Waals surface area contributed by atoms with Gasteiger partial charge in [-0.3, -0.25) is 9.59 Å². The van der Waals surface area contributed by atoms with Crippen LogP contribution >= 0.6 is 11.6 Å². The van der Waals surface area contributed by atoms with Gasteiger partial charge in [-0.1, -0.05) is 56.7 Å². The number of hydrogen-bond donors (Lipinski definition) is 2. The van der Waals surface area contributed by atoms with E-state index in [2.05, 4.69) is 63.0 Å². The number of aliphatic hydroxyl groups excluding tert-OH is 1. The highest BCUT2D eigenvalue weighted by molar-refractivity contribution is 6.74. The average Bonchev–Trinajstić information content (AvgIpc) is 3.19. The standard InChI is InChI=1S/C40H55ClN2O6Si/c1-38(2,3)50(5,6)49-34-11-7-8-19-42(4)36(45)22-40(25-44,37(46)47)29-13-17-35-33(21-29)43(23-28-12-15-31(28)34)24-39(26-48-35)18-9-10-27-20-30(41)14-16-32(27)39/h7,11,13-14,16-17,20-21,28,31,34,44H,8-10,12,15,18-19,22-26H2,1-6H3,(H,46,47)/b11-7+/t28-,31+,34?,39-,40+/m0/s1. The number of benzene rings is 2. The number of hydrogen-bond acceptors (Lipinski definition) is 6. The Morgan fingerprint density at radius 1 is 1.16 bits per heavy atom. The third kappa shape index (κ3) is 6.87. The van der Waals surface area contributed by atoms with Crippen LogP contribution in [0.15, 0.2) is 48.6 Å². The normalized spacial score (nSPS) is 29.7. The minimum Gasteiger partial charge on any atom is -0.490 e. The summed E-state index contributed by atoms with van der Waals surface area (Å²) in [5.74, 6) is -0.170. The molecular weight excluding hydrogens is 668 g/mol. The number of ether oxygens (including phenoxy) is 1. The molecule has 1 saturated carbocycles. The van der Waals surface area contributed by atoms with Crippen molar-refractivity contribution in [2.75, 3.05) is 44.8 Å². The van der Waals surface area contributed by atoms with E-state index in [1.807, 2.05) is 18.2 Å². The smallest absolute Gasteiger partial charge is 0.317 e. The Labute approximate surface area is 303 Å². The predicted molar refractivity (Wildman–Crippen MR) is 201 cm³/mol. The van der Waals surface area contributed by atoms with Crippen LogP contribution in [0.3, 0.4) is 0 Å². The minimum absolute atomic E-state index is 0.0295. The molecule has 272 valence electrons. The molecule has 50 heavy (non-hydrogen) atoms. The number of carbonyl (C=O) groups excluding carboxylic acids is 1. The third-order valence-corrected chi connectivity index (χ3v) is 17.4. The van der Waals surface area contributed by atoms with Crippen LogP contribution in [0.5, 0.6) is 5.75 Å². The van der Waals surface area contributed by atoms with Gasteiger partial charge in [-0.15, -0.1) is 0 Å². The fourth-order valence-corrected chi connectivity index (χ4v) is 9.75. The fraction of sp³-hybridized carbons (Fsp3) is 0.600. The molecule has 4 aliphatic rings. The van der Waals surface area contributed by atoms with Crippen LogP contribution in [0.4, 0.5) is 5.69 Å². The number of carboxylic acid groups (broad SMARTS) is 1. The molecule has 1 amide bonds. The van der Waals surface area contributed by atoms with Crippen molar-refractivity contribution in [3.8, 4) is 5.75 Å². The largest absolute Gasteiger partial charge is 0.490 e. The Morgan fingerprint density at radius 3 is 2.62 bits per heavy atom. The number of aliphatic carboxylic acids is 1. The molecule has 10 heteroatoms. The lowest BCUT2D eigenvalue weighted by atomic mass is 9.68. The Balaban J connectivity index is 1.47. The number of nitrogens with zero attached hydrogens (tertiary/aromatic N) is 2. The van der Waals surface area contributed by atoms with E-state index in [0.717, 1.165) is 49.4 Å². The van der Waals surface area contributed by atoms with E-state index in [0.29, 0.717) is 49.3 Å². The van der Waals surface area contributed by atoms with Gasteiger partial charge in [0.1, 0.15) is 11.2 Å². The van der Waals surface area contributed by atoms with Crippen molar-refractivity contribution < 1.29 is 29.0 Å². The molecule has 2 N–H and O–H groups in total. The first kappa shape index (κ1) is 36.9. The van der Waals surface area contributed by atoms with E-state index in [-0.39, 0.29) is 28.9 Å². The SMILES string of the molecule is CN1CC/C=C/C(O[Si](C)(C)C(C)(C)C)[C@@H]2CC[C@H]2CN2C[C@@]3(CCCc4cc(Cl)ccc43)COc3ccc(cc32)[C@@](CO)(C(=O)O)CC1=O. The van der Waals surface area contributed by atoms with Crippen molar-refractivity contribution in [3.63, 3.8) is 0 Å². The zero-order valence-corrected chi connectivity index (χ0v) is 32.4. The van der Waals surface area contributed by atoms with Crippen LogP contribution < -0.4 is 9.64 Å². The van der Waals surface area contributed by atoms with E-state index in [4.69, 9.17) is 20.8 Å². The van der Waals surface area contributed by atoms with Crippen LogP contribution in [0, 0.1) is 11.8 Å². The molecule has 2 bridgehead atoms. The Kier molecular flexibility index (Phi) is 10.3. The highest BCUT2D eigenvalue weighted by Crippen LogP contribution is 2.49. The fourth-order valence-electron chi connectivity index (χ4n) is 8.27. The number of aliphatic hydroxyl groups is 1. The first-order chi connectivity index (χ1) is 23.6. The summed E-state index contributed by atoms with van der Waals surface area (Å²) in [7, 11) is -0.401. The number of rotatable bonds is 4. The molecule has 2 aliphatic carbocycles. The van der Waals surface area contributed by atoms with Crippen molar-refractivity contribution in [3.05, 3.63) is 70.3 Å². The van der Waals surface area contributed by atoms with Crippen LogP contribution in [0.2, 0.25) is 23.2 Å². The second-order valence-corrected chi connectivity index (χ2v) is 22.1. The monoisotopic (exact) mass is 722 g/mol. The van der Waals surface area contributed by atoms with Gasteiger partial charge in [-0.05, 0) is 109 Å². The summed E-state index contributed by atoms with van der Waals surface area (Å²) in [6.45, 7) is 13.2. The lowest BCUT2D eigenvalue weighted by Crippen LogP contribution is -2.52. The lowest BCUT2D eigenvalue weighted by Gasteiger charge is -2.48. The third-order valence-electron chi connectivity index (χ3n) is 12.7. The lowest BCUT2D eigenvalue weighted by molar-refractivity contribution is -0.149. The number of fused-ring (bicyclic) bond motifs is 4. The van der Waals surface area contributed by atoms with Crippen LogP contribution in [-0.4, -0.2) is 81.3 Å². The predicted octanol–water partition coefficient (Wildman–Crippen LogP) is 7.35. The summed E-state index contributed by atoms with van der Waals surface area (Å²) in [5.41, 5.74) is 1.67. The topological polar surface area (TPSA) is 99.5 Å². The summed E-state index contributed by atoms with van der Waals surface area (Å²) in [5, 5.41) is 22.2. The molecule has 0 aromatic heterocycles. The second kappa shape index (κ2) is 13.9. The van der Waals surface area contributed by atoms with Crippen molar-refractivity contribution >= 4 is 37.5 Å². The Hall–Kier alpha value is -2.85. The summed E-state index contributed by atoms with van der Waals surface area (Å²) in [6.07, 6.45) is 9.73. The van der Waals surface area contributed by atoms with E-state index >= 15 is 0 Å². The first-order valence-corrected chi connectivity index (χ1v) is 21.6. The van der Waals surface area contributed by atoms with Crippen molar-refractivity contribution in [2.24, 2.45) is 11.8 Å². The van der Waals surface area contributed by atoms with Gasteiger partial charge in [0.2, 0.25) is 5.91 Å². The molecule has 6 rings (SSSR count). The summed E-state index contributed by atoms with van der Waals surface area (Å²) < 4.78 is 13.9. The zero-order chi connectivity index (χ0) is 36.1. The van der Waals surface area contributed by atoms with Gasteiger partial charge in [0, 0.05) is 43.5 Å². The molecule has 1 fully saturated rings. The van der Waals surface area contributed by atoms with Crippen LogP contribution in [0.25, 0.3) is 0 Å². The molecule has 2 aliphatic heterocycles. The van der Waals surface area contributed by atoms with E-state index in [9.17, 15) is 19.8 Å². The van der Waals surface area contributed by atoms with Crippen molar-refractivity contribution in [1.82, 2.24) is 4.90 Å². The zero-order valence-electron chi connectivity index (χ0n) is 30.6. The maximum absolute atomic E-state index is 13.6. The van der Waals surface area contributed by atoms with E-state index in [1.165, 1.54) is 11.1 Å². The number of anilines is 1. The van der Waals surface area contributed by atoms with Crippen molar-refractivity contribution in [2.45, 2.75) is 101 Å². The summed E-state index contributed by atoms with van der Waals surface area (Å²) in [6, 6.07) is 11.7. The number of carbonyl (C=O) groups is 2. The van der Waals surface area contributed by atoms with Gasteiger partial charge in [0.25, 0.3) is 0 Å². The molecular formula is C40H55ClN2O6Si. The molecule has 5 atom stereocenters. The van der Waals surface area contributed by atoms with Gasteiger partial charge >= 0.3 is 5.97 Å². The molecule has 0 saturated heterocycles.